The number of nitrogens with one attached hydrogen (secondary N) is 1. The highest BCUT2D eigenvalue weighted by atomic mass is 79.9. The van der Waals surface area contributed by atoms with Gasteiger partial charge in [-0.2, -0.15) is 0 Å². The molecule has 0 amide bonds. The number of carbonyl (C=O) groups excluding carboxylic acids is 2. The lowest BCUT2D eigenvalue weighted by Crippen LogP contribution is -2.49. The minimum Gasteiger partial charge on any atom is -0.456 e. The molecular formula is C21H26BrNO3. The third-order valence-electron chi connectivity index (χ3n) is 6.97. The standard InChI is InChI=1S/C21H26BrNO3/c22-16-4-1-3-15(13-16)20-6-9-21(10-7-20,11-8-20)18(24)14-26-19(25)17-5-2-12-23-17/h1,3-4,13,17,23H,2,5-12,14H2/t17-,20?,21?/m0/s1. The fourth-order valence-electron chi connectivity index (χ4n) is 5.13. The second-order valence-electron chi connectivity index (χ2n) is 8.25. The lowest BCUT2D eigenvalue weighted by molar-refractivity contribution is -0.155. The summed E-state index contributed by atoms with van der Waals surface area (Å²) in [5.74, 6) is -0.131. The van der Waals surface area contributed by atoms with Gasteiger partial charge in [0, 0.05) is 9.89 Å². The van der Waals surface area contributed by atoms with Crippen molar-refractivity contribution in [3.8, 4) is 0 Å². The number of carbonyl (C=O) groups is 2. The van der Waals surface area contributed by atoms with E-state index in [9.17, 15) is 9.59 Å². The van der Waals surface area contributed by atoms with Gasteiger partial charge >= 0.3 is 5.97 Å². The molecule has 4 fully saturated rings. The number of ketones is 1. The molecule has 1 aliphatic heterocycles. The molecule has 26 heavy (non-hydrogen) atoms. The van der Waals surface area contributed by atoms with E-state index in [1.807, 2.05) is 0 Å². The van der Waals surface area contributed by atoms with E-state index in [0.717, 1.165) is 62.4 Å². The number of Topliss-reactive ketones (excluding diaryl/α,β-unsaturated/α-hetero) is 1. The van der Waals surface area contributed by atoms with Crippen LogP contribution in [0.3, 0.4) is 0 Å². The summed E-state index contributed by atoms with van der Waals surface area (Å²) in [6.45, 7) is 0.802. The topological polar surface area (TPSA) is 55.4 Å². The molecule has 0 unspecified atom stereocenters. The van der Waals surface area contributed by atoms with Gasteiger partial charge in [0.05, 0.1) is 0 Å². The molecule has 0 spiro atoms. The molecule has 1 N–H and O–H groups in total. The van der Waals surface area contributed by atoms with Gasteiger partial charge in [-0.3, -0.25) is 9.59 Å². The zero-order valence-electron chi connectivity index (χ0n) is 15.1. The Morgan fingerprint density at radius 1 is 1.15 bits per heavy atom. The number of halogens is 1. The van der Waals surface area contributed by atoms with Crippen LogP contribution in [0.15, 0.2) is 28.7 Å². The van der Waals surface area contributed by atoms with Crippen LogP contribution in [-0.2, 0) is 19.7 Å². The quantitative estimate of drug-likeness (QED) is 0.735. The van der Waals surface area contributed by atoms with Crippen molar-refractivity contribution >= 4 is 27.7 Å². The van der Waals surface area contributed by atoms with Crippen LogP contribution in [0, 0.1) is 5.41 Å². The second kappa shape index (κ2) is 7.08. The number of hydrogen-bond donors (Lipinski definition) is 1. The molecule has 4 aliphatic rings. The van der Waals surface area contributed by atoms with Gasteiger partial charge in [0.2, 0.25) is 0 Å². The highest BCUT2D eigenvalue weighted by Crippen LogP contribution is 2.58. The summed E-state index contributed by atoms with van der Waals surface area (Å²) in [5.41, 5.74) is 1.35. The molecule has 5 rings (SSSR count). The van der Waals surface area contributed by atoms with E-state index in [0.29, 0.717) is 0 Å². The SMILES string of the molecule is O=C(OCC(=O)C12CCC(c3cccc(Br)c3)(CC1)CC2)[C@@H]1CCCN1. The Balaban J connectivity index is 1.38. The molecule has 4 nitrogen and oxygen atoms in total. The van der Waals surface area contributed by atoms with Crippen LogP contribution >= 0.6 is 15.9 Å². The van der Waals surface area contributed by atoms with Crippen molar-refractivity contribution in [3.63, 3.8) is 0 Å². The van der Waals surface area contributed by atoms with Crippen molar-refractivity contribution in [2.45, 2.75) is 62.8 Å². The normalized spacial score (nSPS) is 33.2. The highest BCUT2D eigenvalue weighted by molar-refractivity contribution is 9.10. The molecule has 140 valence electrons. The number of fused-ring (bicyclic) bond motifs is 3. The summed E-state index contributed by atoms with van der Waals surface area (Å²) < 4.78 is 6.47. The monoisotopic (exact) mass is 419 g/mol. The van der Waals surface area contributed by atoms with Crippen molar-refractivity contribution in [2.75, 3.05) is 13.2 Å². The Labute approximate surface area is 163 Å². The summed E-state index contributed by atoms with van der Waals surface area (Å²) >= 11 is 3.58. The van der Waals surface area contributed by atoms with E-state index < -0.39 is 0 Å². The van der Waals surface area contributed by atoms with Crippen molar-refractivity contribution in [1.29, 1.82) is 0 Å². The third kappa shape index (κ3) is 3.24. The van der Waals surface area contributed by atoms with E-state index >= 15 is 0 Å². The molecule has 3 saturated carbocycles. The Hall–Kier alpha value is -1.20. The molecule has 1 aromatic carbocycles. The maximum atomic E-state index is 12.9. The maximum absolute atomic E-state index is 12.9. The van der Waals surface area contributed by atoms with Crippen molar-refractivity contribution in [2.24, 2.45) is 5.41 Å². The van der Waals surface area contributed by atoms with Gasteiger partial charge in [-0.1, -0.05) is 28.1 Å². The van der Waals surface area contributed by atoms with Gasteiger partial charge in [-0.05, 0) is 81.0 Å². The van der Waals surface area contributed by atoms with Crippen molar-refractivity contribution in [1.82, 2.24) is 5.32 Å². The van der Waals surface area contributed by atoms with E-state index in [1.54, 1.807) is 0 Å². The van der Waals surface area contributed by atoms with Gasteiger partial charge in [-0.15, -0.1) is 0 Å². The van der Waals surface area contributed by atoms with Gasteiger partial charge in [0.25, 0.3) is 0 Å². The molecule has 1 saturated heterocycles. The fraction of sp³-hybridized carbons (Fsp3) is 0.619. The molecule has 1 atom stereocenters. The van der Waals surface area contributed by atoms with Crippen LogP contribution in [0.2, 0.25) is 0 Å². The second-order valence-corrected chi connectivity index (χ2v) is 9.17. The Kier molecular flexibility index (Phi) is 4.95. The van der Waals surface area contributed by atoms with Crippen LogP contribution in [0.25, 0.3) is 0 Å². The van der Waals surface area contributed by atoms with Crippen molar-refractivity contribution in [3.05, 3.63) is 34.3 Å². The lowest BCUT2D eigenvalue weighted by atomic mass is 9.51. The Morgan fingerprint density at radius 2 is 1.88 bits per heavy atom. The molecule has 3 aliphatic carbocycles. The number of benzene rings is 1. The lowest BCUT2D eigenvalue weighted by Gasteiger charge is -2.53. The smallest absolute Gasteiger partial charge is 0.323 e. The summed E-state index contributed by atoms with van der Waals surface area (Å²) in [4.78, 5) is 24.9. The Morgan fingerprint density at radius 3 is 2.50 bits per heavy atom. The first kappa shape index (κ1) is 18.2. The average Bonchev–Trinajstić information content (AvgIpc) is 3.22. The third-order valence-corrected chi connectivity index (χ3v) is 7.46. The fourth-order valence-corrected chi connectivity index (χ4v) is 5.53. The average molecular weight is 420 g/mol. The molecule has 1 aromatic rings. The zero-order chi connectivity index (χ0) is 18.2. The van der Waals surface area contributed by atoms with Gasteiger partial charge in [-0.25, -0.2) is 0 Å². The van der Waals surface area contributed by atoms with E-state index in [2.05, 4.69) is 45.5 Å². The first-order chi connectivity index (χ1) is 12.5. The van der Waals surface area contributed by atoms with Crippen LogP contribution in [0.1, 0.15) is 56.9 Å². The first-order valence-corrected chi connectivity index (χ1v) is 10.5. The number of hydrogen-bond acceptors (Lipinski definition) is 4. The molecule has 2 bridgehead atoms. The first-order valence-electron chi connectivity index (χ1n) is 9.73. The van der Waals surface area contributed by atoms with Crippen LogP contribution in [-0.4, -0.2) is 30.9 Å². The van der Waals surface area contributed by atoms with E-state index in [1.165, 1.54) is 5.56 Å². The highest BCUT2D eigenvalue weighted by Gasteiger charge is 2.52. The number of rotatable bonds is 5. The molecule has 0 radical (unpaired) electrons. The molecule has 1 heterocycles. The molecular weight excluding hydrogens is 394 g/mol. The van der Waals surface area contributed by atoms with Crippen LogP contribution in [0.4, 0.5) is 0 Å². The molecule has 5 heteroatoms. The van der Waals surface area contributed by atoms with E-state index in [4.69, 9.17) is 4.74 Å². The minimum absolute atomic E-state index is 0.0547. The van der Waals surface area contributed by atoms with Crippen molar-refractivity contribution < 1.29 is 14.3 Å². The minimum atomic E-state index is -0.267. The molecule has 0 aromatic heterocycles. The van der Waals surface area contributed by atoms with Gasteiger partial charge in [0.1, 0.15) is 6.04 Å². The maximum Gasteiger partial charge on any atom is 0.323 e. The predicted molar refractivity (Wildman–Crippen MR) is 103 cm³/mol. The summed E-state index contributed by atoms with van der Waals surface area (Å²) in [6, 6.07) is 8.40. The predicted octanol–water partition coefficient (Wildman–Crippen LogP) is 3.91. The number of esters is 1. The summed E-state index contributed by atoms with van der Waals surface area (Å²) in [7, 11) is 0. The number of ether oxygens (including phenoxy) is 1. The van der Waals surface area contributed by atoms with E-state index in [-0.39, 0.29) is 35.2 Å². The zero-order valence-corrected chi connectivity index (χ0v) is 16.6. The summed E-state index contributed by atoms with van der Waals surface area (Å²) in [5, 5.41) is 3.13. The van der Waals surface area contributed by atoms with Crippen LogP contribution < -0.4 is 5.32 Å². The van der Waals surface area contributed by atoms with Crippen LogP contribution in [0.5, 0.6) is 0 Å². The van der Waals surface area contributed by atoms with Gasteiger partial charge in [0.15, 0.2) is 12.4 Å². The summed E-state index contributed by atoms with van der Waals surface area (Å²) in [6.07, 6.45) is 7.70. The largest absolute Gasteiger partial charge is 0.456 e. The van der Waals surface area contributed by atoms with Gasteiger partial charge < -0.3 is 10.1 Å². The Bertz CT molecular complexity index is 686.